The number of methoxy groups -OCH3 is 1. The number of rotatable bonds is 4. The number of hydrogen-bond donors (Lipinski definition) is 0. The van der Waals surface area contributed by atoms with Gasteiger partial charge in [0.1, 0.15) is 5.75 Å². The molecular formula is C24H19NO3. The van der Waals surface area contributed by atoms with Crippen LogP contribution < -0.4 is 4.74 Å². The molecular weight excluding hydrogens is 350 g/mol. The molecule has 1 aromatic heterocycles. The first-order valence-corrected chi connectivity index (χ1v) is 9.00. The number of carbonyl (C=O) groups is 2. The summed E-state index contributed by atoms with van der Waals surface area (Å²) in [5.74, 6) is 0.421. The Kier molecular flexibility index (Phi) is 4.53. The zero-order valence-electron chi connectivity index (χ0n) is 15.7. The van der Waals surface area contributed by atoms with Crippen molar-refractivity contribution in [2.75, 3.05) is 7.11 Å². The number of para-hydroxylation sites is 1. The summed E-state index contributed by atoms with van der Waals surface area (Å²) >= 11 is 0. The van der Waals surface area contributed by atoms with Crippen molar-refractivity contribution in [3.05, 3.63) is 101 Å². The summed E-state index contributed by atoms with van der Waals surface area (Å²) < 4.78 is 6.79. The van der Waals surface area contributed by atoms with Crippen LogP contribution in [0, 0.1) is 6.92 Å². The normalized spacial score (nSPS) is 10.8. The Morgan fingerprint density at radius 3 is 2.11 bits per heavy atom. The van der Waals surface area contributed by atoms with Crippen molar-refractivity contribution < 1.29 is 14.3 Å². The van der Waals surface area contributed by atoms with Gasteiger partial charge in [0.05, 0.1) is 18.2 Å². The van der Waals surface area contributed by atoms with Gasteiger partial charge < -0.3 is 4.74 Å². The molecule has 0 aliphatic rings. The third kappa shape index (κ3) is 2.89. The molecule has 0 unspecified atom stereocenters. The van der Waals surface area contributed by atoms with Crippen molar-refractivity contribution in [2.45, 2.75) is 6.92 Å². The third-order valence-corrected chi connectivity index (χ3v) is 4.91. The standard InChI is InChI=1S/C24H19NO3/c1-16-22(23(26)17-8-4-3-5-9-17)20-10-6-7-11-21(20)25(16)24(27)18-12-14-19(28-2)15-13-18/h3-15H,1-2H3. The van der Waals surface area contributed by atoms with Gasteiger partial charge in [-0.2, -0.15) is 0 Å². The van der Waals surface area contributed by atoms with Gasteiger partial charge in [0, 0.05) is 22.2 Å². The summed E-state index contributed by atoms with van der Waals surface area (Å²) in [7, 11) is 1.59. The Hall–Kier alpha value is -3.66. The molecule has 0 saturated carbocycles. The molecule has 1 heterocycles. The molecule has 0 N–H and O–H groups in total. The lowest BCUT2D eigenvalue weighted by Gasteiger charge is -2.08. The molecule has 4 rings (SSSR count). The molecule has 138 valence electrons. The lowest BCUT2D eigenvalue weighted by atomic mass is 10.0. The van der Waals surface area contributed by atoms with Gasteiger partial charge in [-0.15, -0.1) is 0 Å². The molecule has 0 amide bonds. The van der Waals surface area contributed by atoms with Crippen LogP contribution in [0.1, 0.15) is 32.0 Å². The zero-order chi connectivity index (χ0) is 19.7. The van der Waals surface area contributed by atoms with Crippen LogP contribution in [-0.4, -0.2) is 23.4 Å². The minimum atomic E-state index is -0.177. The van der Waals surface area contributed by atoms with E-state index in [1.165, 1.54) is 0 Å². The first-order chi connectivity index (χ1) is 13.6. The van der Waals surface area contributed by atoms with Gasteiger partial charge in [0.15, 0.2) is 5.78 Å². The van der Waals surface area contributed by atoms with Crippen LogP contribution >= 0.6 is 0 Å². The molecule has 28 heavy (non-hydrogen) atoms. The van der Waals surface area contributed by atoms with E-state index in [9.17, 15) is 9.59 Å². The van der Waals surface area contributed by atoms with E-state index in [2.05, 4.69) is 0 Å². The van der Waals surface area contributed by atoms with Gasteiger partial charge in [-0.25, -0.2) is 0 Å². The second-order valence-electron chi connectivity index (χ2n) is 6.54. The topological polar surface area (TPSA) is 48.3 Å². The van der Waals surface area contributed by atoms with E-state index >= 15 is 0 Å². The third-order valence-electron chi connectivity index (χ3n) is 4.91. The van der Waals surface area contributed by atoms with E-state index in [-0.39, 0.29) is 11.7 Å². The molecule has 4 aromatic rings. The van der Waals surface area contributed by atoms with Crippen molar-refractivity contribution in [3.63, 3.8) is 0 Å². The van der Waals surface area contributed by atoms with Gasteiger partial charge >= 0.3 is 0 Å². The molecule has 0 aliphatic heterocycles. The fourth-order valence-electron chi connectivity index (χ4n) is 3.51. The number of ketones is 1. The van der Waals surface area contributed by atoms with Gasteiger partial charge in [-0.3, -0.25) is 14.2 Å². The second kappa shape index (κ2) is 7.16. The largest absolute Gasteiger partial charge is 0.497 e. The van der Waals surface area contributed by atoms with Crippen molar-refractivity contribution >= 4 is 22.6 Å². The number of ether oxygens (including phenoxy) is 1. The van der Waals surface area contributed by atoms with Crippen molar-refractivity contribution in [2.24, 2.45) is 0 Å². The lowest BCUT2D eigenvalue weighted by molar-refractivity contribution is 0.0963. The van der Waals surface area contributed by atoms with E-state index < -0.39 is 0 Å². The Morgan fingerprint density at radius 2 is 1.43 bits per heavy atom. The van der Waals surface area contributed by atoms with Crippen molar-refractivity contribution in [3.8, 4) is 5.75 Å². The summed E-state index contributed by atoms with van der Waals surface area (Å²) in [6.07, 6.45) is 0. The molecule has 0 spiro atoms. The Balaban J connectivity index is 1.89. The SMILES string of the molecule is COc1ccc(C(=O)n2c(C)c(C(=O)c3ccccc3)c3ccccc32)cc1. The number of carbonyl (C=O) groups excluding carboxylic acids is 2. The first-order valence-electron chi connectivity index (χ1n) is 9.00. The summed E-state index contributed by atoms with van der Waals surface area (Å²) in [6, 6.07) is 23.6. The Bertz CT molecular complexity index is 1170. The summed E-state index contributed by atoms with van der Waals surface area (Å²) in [6.45, 7) is 1.82. The van der Waals surface area contributed by atoms with Crippen LogP contribution in [0.25, 0.3) is 10.9 Å². The molecule has 0 atom stereocenters. The van der Waals surface area contributed by atoms with Crippen LogP contribution in [0.5, 0.6) is 5.75 Å². The van der Waals surface area contributed by atoms with Crippen molar-refractivity contribution in [1.29, 1.82) is 0 Å². The summed E-state index contributed by atoms with van der Waals surface area (Å²) in [5, 5.41) is 0.774. The molecule has 4 heteroatoms. The number of benzene rings is 3. The molecule has 0 bridgehead atoms. The molecule has 3 aromatic carbocycles. The van der Waals surface area contributed by atoms with E-state index in [1.807, 2.05) is 49.4 Å². The van der Waals surface area contributed by atoms with Crippen LogP contribution in [0.4, 0.5) is 0 Å². The fourth-order valence-corrected chi connectivity index (χ4v) is 3.51. The van der Waals surface area contributed by atoms with E-state index in [0.717, 1.165) is 10.9 Å². The minimum absolute atomic E-state index is 0.0874. The van der Waals surface area contributed by atoms with Gasteiger partial charge in [0.2, 0.25) is 0 Å². The monoisotopic (exact) mass is 369 g/mol. The highest BCUT2D eigenvalue weighted by Crippen LogP contribution is 2.29. The molecule has 0 fully saturated rings. The van der Waals surface area contributed by atoms with Gasteiger partial charge in [0.25, 0.3) is 5.91 Å². The first kappa shape index (κ1) is 17.7. The quantitative estimate of drug-likeness (QED) is 0.482. The average molecular weight is 369 g/mol. The number of hydrogen-bond acceptors (Lipinski definition) is 3. The molecule has 0 saturated heterocycles. The van der Waals surface area contributed by atoms with Crippen LogP contribution in [0.2, 0.25) is 0 Å². The maximum absolute atomic E-state index is 13.3. The van der Waals surface area contributed by atoms with Crippen LogP contribution in [0.3, 0.4) is 0 Å². The fraction of sp³-hybridized carbons (Fsp3) is 0.0833. The maximum atomic E-state index is 13.3. The zero-order valence-corrected chi connectivity index (χ0v) is 15.7. The lowest BCUT2D eigenvalue weighted by Crippen LogP contribution is -2.14. The second-order valence-corrected chi connectivity index (χ2v) is 6.54. The van der Waals surface area contributed by atoms with Crippen molar-refractivity contribution in [1.82, 2.24) is 4.57 Å². The number of fused-ring (bicyclic) bond motifs is 1. The minimum Gasteiger partial charge on any atom is -0.497 e. The predicted molar refractivity (Wildman–Crippen MR) is 109 cm³/mol. The van der Waals surface area contributed by atoms with E-state index in [0.29, 0.717) is 28.1 Å². The number of nitrogens with zero attached hydrogens (tertiary/aromatic N) is 1. The Labute approximate surface area is 163 Å². The Morgan fingerprint density at radius 1 is 0.786 bits per heavy atom. The molecule has 0 aliphatic carbocycles. The average Bonchev–Trinajstić information content (AvgIpc) is 3.05. The van der Waals surface area contributed by atoms with E-state index in [4.69, 9.17) is 4.74 Å². The highest BCUT2D eigenvalue weighted by Gasteiger charge is 2.24. The molecule has 0 radical (unpaired) electrons. The van der Waals surface area contributed by atoms with Gasteiger partial charge in [-0.1, -0.05) is 48.5 Å². The highest BCUT2D eigenvalue weighted by molar-refractivity contribution is 6.19. The number of aromatic nitrogens is 1. The van der Waals surface area contributed by atoms with Crippen LogP contribution in [-0.2, 0) is 0 Å². The van der Waals surface area contributed by atoms with Crippen LogP contribution in [0.15, 0.2) is 78.9 Å². The summed E-state index contributed by atoms with van der Waals surface area (Å²) in [4.78, 5) is 26.5. The maximum Gasteiger partial charge on any atom is 0.262 e. The highest BCUT2D eigenvalue weighted by atomic mass is 16.5. The smallest absolute Gasteiger partial charge is 0.262 e. The predicted octanol–water partition coefficient (Wildman–Crippen LogP) is 4.88. The van der Waals surface area contributed by atoms with Gasteiger partial charge in [-0.05, 0) is 37.3 Å². The molecule has 4 nitrogen and oxygen atoms in total. The van der Waals surface area contributed by atoms with E-state index in [1.54, 1.807) is 48.1 Å². The summed E-state index contributed by atoms with van der Waals surface area (Å²) in [5.41, 5.74) is 3.05.